The lowest BCUT2D eigenvalue weighted by Crippen LogP contribution is -2.25. The molecule has 0 aliphatic heterocycles. The molecule has 0 saturated heterocycles. The summed E-state index contributed by atoms with van der Waals surface area (Å²) in [6.07, 6.45) is 0. The Kier molecular flexibility index (Phi) is 5.26. The van der Waals surface area contributed by atoms with Crippen LogP contribution in [0, 0.1) is 6.92 Å². The normalized spacial score (nSPS) is 10.5. The van der Waals surface area contributed by atoms with Crippen molar-refractivity contribution >= 4 is 29.2 Å². The lowest BCUT2D eigenvalue weighted by atomic mass is 10.5. The van der Waals surface area contributed by atoms with Crippen LogP contribution in [-0.4, -0.2) is 40.1 Å². The number of thiazole rings is 1. The molecular weight excluding hydrogens is 286 g/mol. The third kappa shape index (κ3) is 4.01. The van der Waals surface area contributed by atoms with E-state index in [0.29, 0.717) is 24.4 Å². The molecule has 2 heterocycles. The summed E-state index contributed by atoms with van der Waals surface area (Å²) in [4.78, 5) is 19.7. The molecule has 0 aliphatic rings. The molecule has 0 saturated carbocycles. The van der Waals surface area contributed by atoms with Crippen LogP contribution in [-0.2, 0) is 6.54 Å². The average Bonchev–Trinajstić information content (AvgIpc) is 2.92. The number of nitrogens with zero attached hydrogens (tertiary/aromatic N) is 5. The molecule has 2 N–H and O–H groups in total. The first-order chi connectivity index (χ1) is 10.2. The van der Waals surface area contributed by atoms with Gasteiger partial charge in [-0.15, -0.1) is 11.3 Å². The number of rotatable bonds is 7. The maximum absolute atomic E-state index is 4.47. The minimum Gasteiger partial charge on any atom is -0.357 e. The molecule has 0 aliphatic carbocycles. The van der Waals surface area contributed by atoms with Crippen LogP contribution in [0.5, 0.6) is 0 Å². The van der Waals surface area contributed by atoms with Crippen molar-refractivity contribution in [3.8, 4) is 0 Å². The van der Waals surface area contributed by atoms with Gasteiger partial charge in [0.05, 0.1) is 17.2 Å². The summed E-state index contributed by atoms with van der Waals surface area (Å²) < 4.78 is 0. The largest absolute Gasteiger partial charge is 0.357 e. The van der Waals surface area contributed by atoms with Gasteiger partial charge in [-0.3, -0.25) is 0 Å². The van der Waals surface area contributed by atoms with E-state index < -0.39 is 0 Å². The Hall–Kier alpha value is -1.96. The molecule has 2 rings (SSSR count). The molecule has 7 nitrogen and oxygen atoms in total. The molecule has 0 bridgehead atoms. The maximum atomic E-state index is 4.47. The summed E-state index contributed by atoms with van der Waals surface area (Å²) in [5, 5.41) is 9.27. The second-order valence-corrected chi connectivity index (χ2v) is 5.48. The average molecular weight is 307 g/mol. The van der Waals surface area contributed by atoms with Crippen LogP contribution in [0.3, 0.4) is 0 Å². The lowest BCUT2D eigenvalue weighted by Gasteiger charge is -2.19. The van der Waals surface area contributed by atoms with Gasteiger partial charge in [0, 0.05) is 25.5 Å². The van der Waals surface area contributed by atoms with Gasteiger partial charge in [0.2, 0.25) is 17.8 Å². The summed E-state index contributed by atoms with van der Waals surface area (Å²) in [6, 6.07) is 0. The fourth-order valence-corrected chi connectivity index (χ4v) is 2.48. The van der Waals surface area contributed by atoms with Crippen molar-refractivity contribution in [3.63, 3.8) is 0 Å². The van der Waals surface area contributed by atoms with Gasteiger partial charge >= 0.3 is 0 Å². The van der Waals surface area contributed by atoms with Crippen LogP contribution in [0.15, 0.2) is 5.38 Å². The summed E-state index contributed by atoms with van der Waals surface area (Å²) in [6.45, 7) is 8.47. The standard InChI is InChI=1S/C13H21N7S/c1-5-20(6-2)13-18-11(14-4)17-12(19-13)15-7-10-8-21-9(3)16-10/h8H,5-7H2,1-4H3,(H2,14,15,17,18,19). The smallest absolute Gasteiger partial charge is 0.231 e. The second kappa shape index (κ2) is 7.16. The molecule has 0 radical (unpaired) electrons. The first-order valence-electron chi connectivity index (χ1n) is 6.99. The summed E-state index contributed by atoms with van der Waals surface area (Å²) in [5.74, 6) is 1.79. The second-order valence-electron chi connectivity index (χ2n) is 4.42. The van der Waals surface area contributed by atoms with Gasteiger partial charge in [-0.25, -0.2) is 4.98 Å². The van der Waals surface area contributed by atoms with Gasteiger partial charge in [0.1, 0.15) is 0 Å². The van der Waals surface area contributed by atoms with Crippen LogP contribution < -0.4 is 15.5 Å². The van der Waals surface area contributed by atoms with Gasteiger partial charge < -0.3 is 15.5 Å². The number of anilines is 3. The van der Waals surface area contributed by atoms with Crippen molar-refractivity contribution in [1.82, 2.24) is 19.9 Å². The molecule has 0 aromatic carbocycles. The molecular formula is C13H21N7S. The fraction of sp³-hybridized carbons (Fsp3) is 0.538. The van der Waals surface area contributed by atoms with Crippen LogP contribution >= 0.6 is 11.3 Å². The fourth-order valence-electron chi connectivity index (χ4n) is 1.86. The summed E-state index contributed by atoms with van der Waals surface area (Å²) in [5.41, 5.74) is 0.994. The van der Waals surface area contributed by atoms with E-state index in [1.807, 2.05) is 12.3 Å². The van der Waals surface area contributed by atoms with Crippen molar-refractivity contribution in [3.05, 3.63) is 16.1 Å². The lowest BCUT2D eigenvalue weighted by molar-refractivity contribution is 0.812. The van der Waals surface area contributed by atoms with Crippen LogP contribution in [0.1, 0.15) is 24.5 Å². The highest BCUT2D eigenvalue weighted by Crippen LogP contribution is 2.14. The van der Waals surface area contributed by atoms with Gasteiger partial charge in [-0.2, -0.15) is 15.0 Å². The van der Waals surface area contributed by atoms with E-state index in [4.69, 9.17) is 0 Å². The minimum atomic E-state index is 0.557. The predicted octanol–water partition coefficient (Wildman–Crippen LogP) is 2.14. The van der Waals surface area contributed by atoms with E-state index in [1.165, 1.54) is 0 Å². The number of nitrogens with one attached hydrogen (secondary N) is 2. The first kappa shape index (κ1) is 15.4. The Balaban J connectivity index is 2.16. The molecule has 114 valence electrons. The third-order valence-electron chi connectivity index (χ3n) is 2.99. The Labute approximate surface area is 128 Å². The number of aryl methyl sites for hydroxylation is 1. The molecule has 0 atom stereocenters. The van der Waals surface area contributed by atoms with Gasteiger partial charge in [-0.1, -0.05) is 0 Å². The van der Waals surface area contributed by atoms with Crippen LogP contribution in [0.25, 0.3) is 0 Å². The molecule has 0 unspecified atom stereocenters. The Bertz CT molecular complexity index is 580. The van der Waals surface area contributed by atoms with Crippen LogP contribution in [0.4, 0.5) is 17.8 Å². The van der Waals surface area contributed by atoms with E-state index >= 15 is 0 Å². The monoisotopic (exact) mass is 307 g/mol. The van der Waals surface area contributed by atoms with Crippen LogP contribution in [0.2, 0.25) is 0 Å². The van der Waals surface area contributed by atoms with Crippen molar-refractivity contribution in [1.29, 1.82) is 0 Å². The van der Waals surface area contributed by atoms with E-state index in [1.54, 1.807) is 18.4 Å². The summed E-state index contributed by atoms with van der Waals surface area (Å²) in [7, 11) is 1.80. The molecule has 0 spiro atoms. The zero-order valence-corrected chi connectivity index (χ0v) is 13.7. The van der Waals surface area contributed by atoms with E-state index in [0.717, 1.165) is 23.8 Å². The highest BCUT2D eigenvalue weighted by molar-refractivity contribution is 7.09. The zero-order valence-electron chi connectivity index (χ0n) is 12.8. The Morgan fingerprint density at radius 2 is 1.81 bits per heavy atom. The third-order valence-corrected chi connectivity index (χ3v) is 3.81. The molecule has 0 fully saturated rings. The predicted molar refractivity (Wildman–Crippen MR) is 87.1 cm³/mol. The number of hydrogen-bond acceptors (Lipinski definition) is 8. The van der Waals surface area contributed by atoms with Crippen molar-refractivity contribution < 1.29 is 0 Å². The first-order valence-corrected chi connectivity index (χ1v) is 7.87. The van der Waals surface area contributed by atoms with E-state index in [-0.39, 0.29) is 0 Å². The van der Waals surface area contributed by atoms with E-state index in [2.05, 4.69) is 49.3 Å². The van der Waals surface area contributed by atoms with E-state index in [9.17, 15) is 0 Å². The molecule has 2 aromatic heterocycles. The topological polar surface area (TPSA) is 78.9 Å². The van der Waals surface area contributed by atoms with Crippen molar-refractivity contribution in [2.24, 2.45) is 0 Å². The minimum absolute atomic E-state index is 0.557. The Morgan fingerprint density at radius 1 is 1.10 bits per heavy atom. The highest BCUT2D eigenvalue weighted by Gasteiger charge is 2.10. The molecule has 0 amide bonds. The van der Waals surface area contributed by atoms with Crippen molar-refractivity contribution in [2.45, 2.75) is 27.3 Å². The maximum Gasteiger partial charge on any atom is 0.231 e. The molecule has 2 aromatic rings. The van der Waals surface area contributed by atoms with Gasteiger partial charge in [0.15, 0.2) is 0 Å². The number of aromatic nitrogens is 4. The highest BCUT2D eigenvalue weighted by atomic mass is 32.1. The van der Waals surface area contributed by atoms with Gasteiger partial charge in [0.25, 0.3) is 0 Å². The summed E-state index contributed by atoms with van der Waals surface area (Å²) >= 11 is 1.64. The SMILES string of the molecule is CCN(CC)c1nc(NC)nc(NCc2csc(C)n2)n1. The molecule has 8 heteroatoms. The quantitative estimate of drug-likeness (QED) is 0.811. The number of hydrogen-bond donors (Lipinski definition) is 2. The molecule has 21 heavy (non-hydrogen) atoms. The Morgan fingerprint density at radius 3 is 2.38 bits per heavy atom. The van der Waals surface area contributed by atoms with Crippen molar-refractivity contribution in [2.75, 3.05) is 35.7 Å². The van der Waals surface area contributed by atoms with Gasteiger partial charge in [-0.05, 0) is 20.8 Å². The zero-order chi connectivity index (χ0) is 15.2.